The van der Waals surface area contributed by atoms with Gasteiger partial charge in [0.05, 0.1) is 6.10 Å². The van der Waals surface area contributed by atoms with Crippen molar-refractivity contribution in [2.45, 2.75) is 51.4 Å². The number of hydrogen-bond acceptors (Lipinski definition) is 5. The van der Waals surface area contributed by atoms with Crippen molar-refractivity contribution in [2.75, 3.05) is 0 Å². The Morgan fingerprint density at radius 1 is 1.27 bits per heavy atom. The maximum atomic E-state index is 12.2. The number of nitrogens with one attached hydrogen (secondary N) is 1. The number of benzene rings is 1. The fourth-order valence-corrected chi connectivity index (χ4v) is 2.18. The van der Waals surface area contributed by atoms with Gasteiger partial charge in [0.2, 0.25) is 11.7 Å². The van der Waals surface area contributed by atoms with Gasteiger partial charge in [0, 0.05) is 12.8 Å². The second-order valence-corrected chi connectivity index (χ2v) is 6.00. The maximum absolute atomic E-state index is 12.2. The molecule has 26 heavy (non-hydrogen) atoms. The van der Waals surface area contributed by atoms with Gasteiger partial charge < -0.3 is 20.7 Å². The zero-order valence-corrected chi connectivity index (χ0v) is 14.8. The Morgan fingerprint density at radius 2 is 1.92 bits per heavy atom. The Bertz CT molecular complexity index is 669. The average molecular weight is 361 g/mol. The van der Waals surface area contributed by atoms with Gasteiger partial charge in [-0.2, -0.15) is 4.79 Å². The molecule has 0 spiro atoms. The number of ketones is 1. The molecule has 0 aliphatic rings. The van der Waals surface area contributed by atoms with Crippen molar-refractivity contribution in [3.8, 4) is 0 Å². The smallest absolute Gasteiger partial charge is 0.328 e. The summed E-state index contributed by atoms with van der Waals surface area (Å²) in [7, 11) is 0. The van der Waals surface area contributed by atoms with Crippen molar-refractivity contribution in [1.29, 1.82) is 0 Å². The number of hydrogen-bond donors (Lipinski definition) is 2. The Hall–Kier alpha value is -2.83. The van der Waals surface area contributed by atoms with Crippen molar-refractivity contribution in [1.82, 2.24) is 5.32 Å². The fourth-order valence-electron chi connectivity index (χ4n) is 2.18. The van der Waals surface area contributed by atoms with Crippen molar-refractivity contribution in [3.05, 3.63) is 41.4 Å². The van der Waals surface area contributed by atoms with Crippen LogP contribution in [0.25, 0.3) is 5.53 Å². The minimum atomic E-state index is -1.35. The Kier molecular flexibility index (Phi) is 8.91. The standard InChI is InChI=1S/C18H23N3O5/c1-12(2)26-18(25)15(9-8-14(22)11-20-19)21-17(24)16(23)10-13-6-4-3-5-7-13/h3-7,11-12,15-16,23H,8-10H2,1-2H3,(H,21,24)/t15-,16-/m0/s1. The number of esters is 1. The molecule has 0 aliphatic carbocycles. The van der Waals surface area contributed by atoms with Gasteiger partial charge in [0.15, 0.2) is 0 Å². The topological polar surface area (TPSA) is 129 Å². The zero-order chi connectivity index (χ0) is 19.5. The van der Waals surface area contributed by atoms with Gasteiger partial charge in [-0.15, -0.1) is 0 Å². The average Bonchev–Trinajstić information content (AvgIpc) is 2.58. The first-order chi connectivity index (χ1) is 12.3. The summed E-state index contributed by atoms with van der Waals surface area (Å²) in [6.07, 6.45) is -1.10. The van der Waals surface area contributed by atoms with Crippen LogP contribution in [0.15, 0.2) is 30.3 Å². The number of Topliss-reactive ketones (excluding diaryl/α,β-unsaturated/α-hetero) is 1. The monoisotopic (exact) mass is 361 g/mol. The molecule has 140 valence electrons. The van der Waals surface area contributed by atoms with Crippen LogP contribution in [-0.2, 0) is 25.5 Å². The van der Waals surface area contributed by atoms with Gasteiger partial charge in [0.1, 0.15) is 12.1 Å². The summed E-state index contributed by atoms with van der Waals surface area (Å²) >= 11 is 0. The lowest BCUT2D eigenvalue weighted by Crippen LogP contribution is -2.47. The van der Waals surface area contributed by atoms with E-state index in [1.165, 1.54) is 0 Å². The lowest BCUT2D eigenvalue weighted by atomic mass is 10.1. The molecule has 0 saturated carbocycles. The molecule has 0 fully saturated rings. The molecule has 1 aromatic carbocycles. The number of ether oxygens (including phenoxy) is 1. The number of amides is 1. The summed E-state index contributed by atoms with van der Waals surface area (Å²) in [5.41, 5.74) is 9.11. The summed E-state index contributed by atoms with van der Waals surface area (Å²) in [5.74, 6) is -1.94. The van der Waals surface area contributed by atoms with E-state index in [2.05, 4.69) is 10.1 Å². The Balaban J connectivity index is 2.72. The van der Waals surface area contributed by atoms with Crippen LogP contribution in [-0.4, -0.2) is 52.0 Å². The van der Waals surface area contributed by atoms with Gasteiger partial charge in [-0.25, -0.2) is 4.79 Å². The van der Waals surface area contributed by atoms with Crippen LogP contribution in [0.5, 0.6) is 0 Å². The zero-order valence-electron chi connectivity index (χ0n) is 14.8. The molecule has 8 nitrogen and oxygen atoms in total. The highest BCUT2D eigenvalue weighted by molar-refractivity contribution is 6.25. The van der Waals surface area contributed by atoms with Gasteiger partial charge in [-0.1, -0.05) is 30.3 Å². The molecule has 0 saturated heterocycles. The summed E-state index contributed by atoms with van der Waals surface area (Å²) < 4.78 is 5.07. The van der Waals surface area contributed by atoms with Crippen molar-refractivity contribution >= 4 is 23.9 Å². The molecule has 0 radical (unpaired) electrons. The first-order valence-corrected chi connectivity index (χ1v) is 8.26. The molecule has 2 N–H and O–H groups in total. The molecule has 1 amide bonds. The van der Waals surface area contributed by atoms with Crippen LogP contribution >= 0.6 is 0 Å². The normalized spacial score (nSPS) is 12.6. The molecular formula is C18H23N3O5. The highest BCUT2D eigenvalue weighted by Gasteiger charge is 2.27. The lowest BCUT2D eigenvalue weighted by Gasteiger charge is -2.20. The van der Waals surface area contributed by atoms with Gasteiger partial charge in [-0.3, -0.25) is 9.59 Å². The number of carbonyl (C=O) groups is 3. The van der Waals surface area contributed by atoms with Crippen LogP contribution in [0.4, 0.5) is 0 Å². The number of aliphatic hydroxyl groups excluding tert-OH is 1. The number of rotatable bonds is 10. The van der Waals surface area contributed by atoms with Gasteiger partial charge >= 0.3 is 12.2 Å². The second kappa shape index (κ2) is 10.9. The first-order valence-electron chi connectivity index (χ1n) is 8.26. The number of nitrogens with zero attached hydrogens (tertiary/aromatic N) is 2. The predicted molar refractivity (Wildman–Crippen MR) is 93.2 cm³/mol. The van der Waals surface area contributed by atoms with Gasteiger partial charge in [-0.05, 0) is 25.8 Å². The Morgan fingerprint density at radius 3 is 2.50 bits per heavy atom. The van der Waals surface area contributed by atoms with Crippen LogP contribution in [0, 0.1) is 0 Å². The van der Waals surface area contributed by atoms with E-state index in [9.17, 15) is 19.5 Å². The molecule has 1 aromatic rings. The predicted octanol–water partition coefficient (Wildman–Crippen LogP) is 0.676. The summed E-state index contributed by atoms with van der Waals surface area (Å²) in [6, 6.07) is 7.85. The number of aliphatic hydroxyl groups is 1. The third-order valence-corrected chi connectivity index (χ3v) is 3.41. The quantitative estimate of drug-likeness (QED) is 0.274. The largest absolute Gasteiger partial charge is 0.461 e. The molecule has 0 aliphatic heterocycles. The molecule has 0 aromatic heterocycles. The van der Waals surface area contributed by atoms with E-state index < -0.39 is 35.9 Å². The molecule has 1 rings (SSSR count). The minimum Gasteiger partial charge on any atom is -0.461 e. The van der Waals surface area contributed by atoms with Crippen LogP contribution in [0.3, 0.4) is 0 Å². The fraction of sp³-hybridized carbons (Fsp3) is 0.444. The molecule has 0 heterocycles. The van der Waals surface area contributed by atoms with Crippen LogP contribution < -0.4 is 5.32 Å². The summed E-state index contributed by atoms with van der Waals surface area (Å²) in [5, 5.41) is 12.5. The van der Waals surface area contributed by atoms with Gasteiger partial charge in [0.25, 0.3) is 0 Å². The lowest BCUT2D eigenvalue weighted by molar-refractivity contribution is -0.152. The van der Waals surface area contributed by atoms with E-state index >= 15 is 0 Å². The third-order valence-electron chi connectivity index (χ3n) is 3.41. The summed E-state index contributed by atoms with van der Waals surface area (Å²) in [4.78, 5) is 38.4. The van der Waals surface area contributed by atoms with E-state index in [4.69, 9.17) is 10.3 Å². The molecule has 8 heteroatoms. The first kappa shape index (κ1) is 21.2. The maximum Gasteiger partial charge on any atom is 0.328 e. The van der Waals surface area contributed by atoms with E-state index in [0.29, 0.717) is 0 Å². The van der Waals surface area contributed by atoms with E-state index in [1.54, 1.807) is 38.1 Å². The SMILES string of the molecule is CC(C)OC(=O)[C@H](CCC(=O)C=[N+]=[N-])NC(=O)[C@@H](O)Cc1ccccc1. The number of carbonyl (C=O) groups excluding carboxylic acids is 3. The highest BCUT2D eigenvalue weighted by Crippen LogP contribution is 2.07. The van der Waals surface area contributed by atoms with Crippen LogP contribution in [0.1, 0.15) is 32.3 Å². The van der Waals surface area contributed by atoms with E-state index in [1.807, 2.05) is 6.07 Å². The van der Waals surface area contributed by atoms with E-state index in [-0.39, 0.29) is 19.3 Å². The summed E-state index contributed by atoms with van der Waals surface area (Å²) in [6.45, 7) is 3.31. The van der Waals surface area contributed by atoms with Crippen molar-refractivity contribution in [2.24, 2.45) is 0 Å². The molecular weight excluding hydrogens is 338 g/mol. The highest BCUT2D eigenvalue weighted by atomic mass is 16.5. The van der Waals surface area contributed by atoms with Crippen molar-refractivity contribution < 1.29 is 29.0 Å². The Labute approximate surface area is 151 Å². The third kappa shape index (κ3) is 7.83. The minimum absolute atomic E-state index is 0.0415. The molecule has 2 atom stereocenters. The molecule has 0 bridgehead atoms. The van der Waals surface area contributed by atoms with Crippen molar-refractivity contribution in [3.63, 3.8) is 0 Å². The van der Waals surface area contributed by atoms with E-state index in [0.717, 1.165) is 11.8 Å². The molecule has 0 unspecified atom stereocenters. The van der Waals surface area contributed by atoms with Crippen LogP contribution in [0.2, 0.25) is 0 Å². The second-order valence-electron chi connectivity index (χ2n) is 6.00.